The van der Waals surface area contributed by atoms with Gasteiger partial charge in [-0.3, -0.25) is 4.79 Å². The maximum Gasteiger partial charge on any atom is 0.317 e. The first-order chi connectivity index (χ1) is 9.88. The van der Waals surface area contributed by atoms with E-state index in [0.29, 0.717) is 0 Å². The van der Waals surface area contributed by atoms with Gasteiger partial charge >= 0.3 is 12.0 Å². The summed E-state index contributed by atoms with van der Waals surface area (Å²) in [5, 5.41) is 11.7. The standard InChI is InChI=1S/C15H19FN2O3/c1-9(14(19)20)8-18(2)15(21)17-13-6-3-10-7-11(16)4-5-12(10)13/h4-5,7,9,13H,3,6,8H2,1-2H3,(H,17,21)(H,19,20). The maximum absolute atomic E-state index is 13.1. The third-order valence-corrected chi connectivity index (χ3v) is 3.80. The van der Waals surface area contributed by atoms with Crippen LogP contribution in [0.1, 0.15) is 30.5 Å². The fraction of sp³-hybridized carbons (Fsp3) is 0.467. The van der Waals surface area contributed by atoms with E-state index in [1.807, 2.05) is 0 Å². The molecule has 0 fully saturated rings. The van der Waals surface area contributed by atoms with E-state index in [1.165, 1.54) is 17.0 Å². The van der Waals surface area contributed by atoms with Crippen molar-refractivity contribution in [2.45, 2.75) is 25.8 Å². The van der Waals surface area contributed by atoms with Crippen LogP contribution in [0.3, 0.4) is 0 Å². The highest BCUT2D eigenvalue weighted by Crippen LogP contribution is 2.31. The minimum atomic E-state index is -0.934. The topological polar surface area (TPSA) is 69.6 Å². The van der Waals surface area contributed by atoms with Crippen LogP contribution in [0.5, 0.6) is 0 Å². The zero-order valence-corrected chi connectivity index (χ0v) is 12.1. The van der Waals surface area contributed by atoms with Gasteiger partial charge in [-0.25, -0.2) is 9.18 Å². The van der Waals surface area contributed by atoms with Gasteiger partial charge < -0.3 is 15.3 Å². The summed E-state index contributed by atoms with van der Waals surface area (Å²) < 4.78 is 13.1. The fourth-order valence-electron chi connectivity index (χ4n) is 2.57. The number of fused-ring (bicyclic) bond motifs is 1. The number of hydrogen-bond donors (Lipinski definition) is 2. The number of aliphatic carboxylic acids is 1. The van der Waals surface area contributed by atoms with E-state index < -0.39 is 11.9 Å². The van der Waals surface area contributed by atoms with Gasteiger partial charge in [-0.2, -0.15) is 0 Å². The number of aryl methyl sites for hydroxylation is 1. The lowest BCUT2D eigenvalue weighted by Gasteiger charge is -2.23. The van der Waals surface area contributed by atoms with Gasteiger partial charge in [-0.05, 0) is 36.1 Å². The number of urea groups is 1. The number of rotatable bonds is 4. The maximum atomic E-state index is 13.1. The summed E-state index contributed by atoms with van der Waals surface area (Å²) >= 11 is 0. The molecule has 0 saturated carbocycles. The summed E-state index contributed by atoms with van der Waals surface area (Å²) in [4.78, 5) is 24.2. The largest absolute Gasteiger partial charge is 0.481 e. The van der Waals surface area contributed by atoms with Gasteiger partial charge in [0.2, 0.25) is 0 Å². The number of carboxylic acid groups (broad SMARTS) is 1. The Morgan fingerprint density at radius 2 is 2.24 bits per heavy atom. The minimum absolute atomic E-state index is 0.143. The van der Waals surface area contributed by atoms with Gasteiger partial charge in [-0.15, -0.1) is 0 Å². The van der Waals surface area contributed by atoms with Crippen LogP contribution in [0.25, 0.3) is 0 Å². The van der Waals surface area contributed by atoms with Crippen molar-refractivity contribution in [3.63, 3.8) is 0 Å². The molecule has 2 rings (SSSR count). The van der Waals surface area contributed by atoms with Crippen LogP contribution in [-0.4, -0.2) is 35.6 Å². The molecule has 0 saturated heterocycles. The van der Waals surface area contributed by atoms with Crippen LogP contribution in [0.4, 0.5) is 9.18 Å². The first kappa shape index (κ1) is 15.3. The molecule has 114 valence electrons. The van der Waals surface area contributed by atoms with Crippen molar-refractivity contribution >= 4 is 12.0 Å². The molecule has 0 bridgehead atoms. The minimum Gasteiger partial charge on any atom is -0.481 e. The Balaban J connectivity index is 1.97. The summed E-state index contributed by atoms with van der Waals surface area (Å²) in [6.07, 6.45) is 1.46. The van der Waals surface area contributed by atoms with Gasteiger partial charge in [0.25, 0.3) is 0 Å². The highest BCUT2D eigenvalue weighted by Gasteiger charge is 2.26. The van der Waals surface area contributed by atoms with Crippen molar-refractivity contribution in [2.24, 2.45) is 5.92 Å². The number of nitrogens with one attached hydrogen (secondary N) is 1. The molecule has 0 radical (unpaired) electrons. The highest BCUT2D eigenvalue weighted by molar-refractivity contribution is 5.76. The first-order valence-electron chi connectivity index (χ1n) is 6.91. The second-order valence-electron chi connectivity index (χ2n) is 5.50. The fourth-order valence-corrected chi connectivity index (χ4v) is 2.57. The zero-order valence-electron chi connectivity index (χ0n) is 12.1. The van der Waals surface area contributed by atoms with Gasteiger partial charge in [0.05, 0.1) is 12.0 Å². The lowest BCUT2D eigenvalue weighted by atomic mass is 10.1. The van der Waals surface area contributed by atoms with E-state index in [9.17, 15) is 14.0 Å². The van der Waals surface area contributed by atoms with Gasteiger partial charge in [0, 0.05) is 13.6 Å². The molecule has 0 heterocycles. The molecular formula is C15H19FN2O3. The predicted octanol–water partition coefficient (Wildman–Crippen LogP) is 2.18. The van der Waals surface area contributed by atoms with E-state index >= 15 is 0 Å². The van der Waals surface area contributed by atoms with Crippen molar-refractivity contribution in [1.29, 1.82) is 0 Å². The Hall–Kier alpha value is -2.11. The summed E-state index contributed by atoms with van der Waals surface area (Å²) in [6.45, 7) is 1.70. The molecular weight excluding hydrogens is 275 g/mol. The Morgan fingerprint density at radius 3 is 2.90 bits per heavy atom. The van der Waals surface area contributed by atoms with Crippen molar-refractivity contribution in [2.75, 3.05) is 13.6 Å². The average Bonchev–Trinajstić information content (AvgIpc) is 2.80. The normalized spacial score (nSPS) is 18.0. The molecule has 5 nitrogen and oxygen atoms in total. The predicted molar refractivity (Wildman–Crippen MR) is 75.4 cm³/mol. The zero-order chi connectivity index (χ0) is 15.6. The Bertz CT molecular complexity index is 562. The number of hydrogen-bond acceptors (Lipinski definition) is 2. The number of nitrogens with zero attached hydrogens (tertiary/aromatic N) is 1. The summed E-state index contributed by atoms with van der Waals surface area (Å²) in [7, 11) is 1.56. The van der Waals surface area contributed by atoms with Crippen molar-refractivity contribution < 1.29 is 19.1 Å². The van der Waals surface area contributed by atoms with E-state index in [2.05, 4.69) is 5.32 Å². The van der Waals surface area contributed by atoms with Crippen LogP contribution in [-0.2, 0) is 11.2 Å². The molecule has 1 aliphatic carbocycles. The Kier molecular flexibility index (Phi) is 4.45. The van der Waals surface area contributed by atoms with Crippen LogP contribution in [0.2, 0.25) is 0 Å². The SMILES string of the molecule is CC(CN(C)C(=O)NC1CCc2cc(F)ccc21)C(=O)O. The molecule has 2 amide bonds. The molecule has 2 N–H and O–H groups in total. The van der Waals surface area contributed by atoms with Gasteiger partial charge in [0.1, 0.15) is 5.82 Å². The molecule has 0 aliphatic heterocycles. The third kappa shape index (κ3) is 3.51. The molecule has 2 atom stereocenters. The lowest BCUT2D eigenvalue weighted by Crippen LogP contribution is -2.41. The number of carbonyl (C=O) groups is 2. The number of benzene rings is 1. The average molecular weight is 294 g/mol. The van der Waals surface area contributed by atoms with Crippen LogP contribution < -0.4 is 5.32 Å². The molecule has 2 unspecified atom stereocenters. The van der Waals surface area contributed by atoms with Crippen molar-refractivity contribution in [1.82, 2.24) is 10.2 Å². The molecule has 1 aromatic rings. The van der Waals surface area contributed by atoms with Crippen molar-refractivity contribution in [3.05, 3.63) is 35.1 Å². The molecule has 6 heteroatoms. The smallest absolute Gasteiger partial charge is 0.317 e. The van der Waals surface area contributed by atoms with Crippen LogP contribution in [0, 0.1) is 11.7 Å². The van der Waals surface area contributed by atoms with Gasteiger partial charge in [-0.1, -0.05) is 13.0 Å². The first-order valence-corrected chi connectivity index (χ1v) is 6.91. The Morgan fingerprint density at radius 1 is 1.52 bits per heavy atom. The summed E-state index contributed by atoms with van der Waals surface area (Å²) in [5.74, 6) is -1.82. The van der Waals surface area contributed by atoms with E-state index in [-0.39, 0.29) is 24.4 Å². The quantitative estimate of drug-likeness (QED) is 0.894. The number of carbonyl (C=O) groups excluding carboxylic acids is 1. The monoisotopic (exact) mass is 294 g/mol. The number of amides is 2. The number of halogens is 1. The van der Waals surface area contributed by atoms with Crippen LogP contribution in [0.15, 0.2) is 18.2 Å². The molecule has 21 heavy (non-hydrogen) atoms. The highest BCUT2D eigenvalue weighted by atomic mass is 19.1. The van der Waals surface area contributed by atoms with E-state index in [1.54, 1.807) is 20.0 Å². The second kappa shape index (κ2) is 6.11. The molecule has 1 aliphatic rings. The van der Waals surface area contributed by atoms with Crippen molar-refractivity contribution in [3.8, 4) is 0 Å². The van der Waals surface area contributed by atoms with Crippen LogP contribution >= 0.6 is 0 Å². The number of carboxylic acids is 1. The van der Waals surface area contributed by atoms with E-state index in [0.717, 1.165) is 24.0 Å². The van der Waals surface area contributed by atoms with E-state index in [4.69, 9.17) is 5.11 Å². The second-order valence-corrected chi connectivity index (χ2v) is 5.50. The lowest BCUT2D eigenvalue weighted by molar-refractivity contribution is -0.141. The molecule has 0 aromatic heterocycles. The van der Waals surface area contributed by atoms with Gasteiger partial charge in [0.15, 0.2) is 0 Å². The molecule has 0 spiro atoms. The third-order valence-electron chi connectivity index (χ3n) is 3.80. The Labute approximate surface area is 122 Å². The summed E-state index contributed by atoms with van der Waals surface area (Å²) in [5.41, 5.74) is 1.85. The molecule has 1 aromatic carbocycles. The summed E-state index contributed by atoms with van der Waals surface area (Å²) in [6, 6.07) is 4.13.